The predicted octanol–water partition coefficient (Wildman–Crippen LogP) is 1.86. The van der Waals surface area contributed by atoms with E-state index in [0.717, 1.165) is 45.7 Å². The third kappa shape index (κ3) is 20.9. The molecule has 4 saturated heterocycles. The van der Waals surface area contributed by atoms with Crippen molar-refractivity contribution in [3.8, 4) is 11.5 Å². The highest BCUT2D eigenvalue weighted by molar-refractivity contribution is 7.98. The molecule has 13 heterocycles. The molecule has 654 valence electrons. The van der Waals surface area contributed by atoms with E-state index in [1.54, 1.807) is 49.7 Å². The van der Waals surface area contributed by atoms with Gasteiger partial charge in [-0.15, -0.1) is 0 Å². The summed E-state index contributed by atoms with van der Waals surface area (Å²) in [6.45, 7) is 0.666. The summed E-state index contributed by atoms with van der Waals surface area (Å²) in [5.74, 6) is 3.74. The van der Waals surface area contributed by atoms with Gasteiger partial charge in [-0.05, 0) is 83.5 Å². The largest absolute Gasteiger partial charge is 0.485 e. The number of thioether (sulfide) groups is 1. The van der Waals surface area contributed by atoms with E-state index in [-0.39, 0.29) is 5.78 Å². The number of hydrogen-bond acceptors (Lipinski definition) is 40. The number of hydrazone groups is 4. The number of H-pyrrole nitrogens is 1. The number of ether oxygens (including phenoxy) is 6. The number of hydrogen-bond donors (Lipinski definition) is 17. The summed E-state index contributed by atoms with van der Waals surface area (Å²) in [5, 5.41) is 135. The van der Waals surface area contributed by atoms with E-state index in [0.29, 0.717) is 99.1 Å². The Morgan fingerprint density at radius 2 is 0.800 bits per heavy atom. The third-order valence-corrected chi connectivity index (χ3v) is 20.6. The van der Waals surface area contributed by atoms with Crippen LogP contribution >= 0.6 is 11.8 Å². The van der Waals surface area contributed by atoms with Crippen molar-refractivity contribution in [1.82, 2.24) is 83.1 Å². The fraction of sp³-hybridized carbons (Fsp3) is 0.338. The van der Waals surface area contributed by atoms with Crippen LogP contribution in [0.2, 0.25) is 0 Å². The Hall–Kier alpha value is -12.8. The standard InChI is InChI=1S/C31H30N6O6.C20H22N6O5.C15H17N7O4.C14H20N6O4S/c38-15-25-27(39)28(40)31(43-25)37-19-34-26-29(32-18-33-30(26)37)36-35-14-22-11-12-23(41-16-20-7-3-1-4-8-20)24(13-22)42-17-21-9-5-2-6-10-21;1-11(28)6-12-2-4-13(5-3-12)7-24-25-18-15-19(22-9-21-18)26(10-23-15)20-17(30)16(29)14(8-27)31-20;23-5-9-11(24)12(25)15(26-9)22-7-19-10-13(17-6-18-14(10)22)21-20-4-8-2-1-3-16-8;1-25-4-2-3-18-19-12-9-13(16-6-15-12)20(7-17-9)14-11(23)10(22)8(5-21)24-14/h1-14,18-19,25,27-28,31,38-40H,15-17H2,(H,32,33,36);2-5,7,9-10,14,16-17,20,27,29-30H,6,8H2,1H3,(H,21,22,25);1-4,6-7,9,11-12,15-16,23-25H,5H2,(H,17,18,21);3,6-8,10-11,14,21-23H,2,4-5H2,1H3,(H,15,16,19)/b35-14+;24-7+;20-4+;18-3+/t25-,27?,28+,31-;14-,16?,17+,20-;9-,11?,12+,15-;8-,10?,11+,14-/m1111/s1. The lowest BCUT2D eigenvalue weighted by Gasteiger charge is -2.16. The van der Waals surface area contributed by atoms with Gasteiger partial charge in [0.15, 0.2) is 104 Å². The minimum atomic E-state index is -1.27. The average molecular weight is 1740 g/mol. The van der Waals surface area contributed by atoms with Crippen LogP contribution < -0.4 is 31.2 Å². The number of Topliss-reactive ketones (excluding diaryl/α,β-unsaturated/α-hetero) is 1. The third-order valence-electron chi connectivity index (χ3n) is 20.0. The van der Waals surface area contributed by atoms with Gasteiger partial charge in [0.05, 0.1) is 76.1 Å². The molecule has 0 aliphatic carbocycles. The molecule has 45 heteroatoms. The first-order valence-electron chi connectivity index (χ1n) is 39.0. The summed E-state index contributed by atoms with van der Waals surface area (Å²) >= 11 is 1.73. The Bertz CT molecular complexity index is 5800. The van der Waals surface area contributed by atoms with Gasteiger partial charge in [-0.2, -0.15) is 32.2 Å². The molecule has 0 radical (unpaired) electrons. The number of benzene rings is 4. The highest BCUT2D eigenvalue weighted by atomic mass is 32.2. The van der Waals surface area contributed by atoms with Crippen LogP contribution in [0.1, 0.15) is 71.8 Å². The quantitative estimate of drug-likeness (QED) is 0.0173. The number of imidazole rings is 4. The first-order valence-corrected chi connectivity index (χ1v) is 40.4. The summed E-state index contributed by atoms with van der Waals surface area (Å²) < 4.78 is 40.4. The number of fused-ring (bicyclic) bond motifs is 4. The second-order valence-corrected chi connectivity index (χ2v) is 29.4. The Labute approximate surface area is 713 Å². The van der Waals surface area contributed by atoms with Gasteiger partial charge < -0.3 is 94.7 Å². The van der Waals surface area contributed by atoms with Crippen LogP contribution in [0.4, 0.5) is 23.3 Å². The summed E-state index contributed by atoms with van der Waals surface area (Å²) in [6.07, 6.45) is 5.58. The fourth-order valence-corrected chi connectivity index (χ4v) is 13.8. The zero-order valence-electron chi connectivity index (χ0n) is 66.7. The molecule has 0 bridgehead atoms. The van der Waals surface area contributed by atoms with Gasteiger partial charge in [0.2, 0.25) is 0 Å². The van der Waals surface area contributed by atoms with Gasteiger partial charge in [0.25, 0.3) is 0 Å². The summed E-state index contributed by atoms with van der Waals surface area (Å²) in [5.41, 5.74) is 20.0. The van der Waals surface area contributed by atoms with E-state index < -0.39 is 125 Å². The molecule has 4 fully saturated rings. The zero-order valence-corrected chi connectivity index (χ0v) is 67.5. The molecular formula is C80H89N25O19S. The number of anilines is 4. The molecule has 17 rings (SSSR count). The van der Waals surface area contributed by atoms with E-state index in [4.69, 9.17) is 28.4 Å². The minimum Gasteiger partial charge on any atom is -0.485 e. The first-order chi connectivity index (χ1) is 60.9. The first kappa shape index (κ1) is 88.5. The highest BCUT2D eigenvalue weighted by Crippen LogP contribution is 2.38. The maximum absolute atomic E-state index is 11.2. The predicted molar refractivity (Wildman–Crippen MR) is 452 cm³/mol. The van der Waals surface area contributed by atoms with Crippen molar-refractivity contribution in [3.05, 3.63) is 206 Å². The highest BCUT2D eigenvalue weighted by Gasteiger charge is 2.48. The van der Waals surface area contributed by atoms with Crippen LogP contribution in [0, 0.1) is 0 Å². The molecule has 4 aliphatic heterocycles. The van der Waals surface area contributed by atoms with Crippen molar-refractivity contribution in [3.63, 3.8) is 0 Å². The lowest BCUT2D eigenvalue weighted by Crippen LogP contribution is -2.33. The molecule has 44 nitrogen and oxygen atoms in total. The van der Waals surface area contributed by atoms with E-state index in [1.165, 1.54) is 68.9 Å². The van der Waals surface area contributed by atoms with Gasteiger partial charge in [-0.25, -0.2) is 59.8 Å². The second-order valence-electron chi connectivity index (χ2n) is 28.4. The Balaban J connectivity index is 0.000000139. The average Bonchev–Trinajstić information content (AvgIpc) is 1.76. The monoisotopic (exact) mass is 1740 g/mol. The molecule has 13 aromatic rings. The van der Waals surface area contributed by atoms with E-state index in [2.05, 4.69) is 107 Å². The van der Waals surface area contributed by atoms with Crippen LogP contribution in [0.5, 0.6) is 11.5 Å². The molecule has 125 heavy (non-hydrogen) atoms. The van der Waals surface area contributed by atoms with Gasteiger partial charge in [-0.1, -0.05) is 84.9 Å². The van der Waals surface area contributed by atoms with Crippen LogP contribution in [-0.2, 0) is 43.4 Å². The molecule has 9 aromatic heterocycles. The van der Waals surface area contributed by atoms with Crippen molar-refractivity contribution in [1.29, 1.82) is 0 Å². The molecule has 0 spiro atoms. The van der Waals surface area contributed by atoms with Gasteiger partial charge in [-0.3, -0.25) is 44.8 Å². The number of carbonyl (C=O) groups excluding carboxylic acids is 1. The number of rotatable bonds is 30. The molecule has 0 amide bonds. The van der Waals surface area contributed by atoms with Crippen molar-refractivity contribution < 1.29 is 94.5 Å². The van der Waals surface area contributed by atoms with Gasteiger partial charge in [0, 0.05) is 18.8 Å². The Morgan fingerprint density at radius 3 is 1.16 bits per heavy atom. The lowest BCUT2D eigenvalue weighted by atomic mass is 10.1. The number of nitrogens with zero attached hydrogens (tertiary/aromatic N) is 20. The topological polar surface area (TPSA) is 603 Å². The van der Waals surface area contributed by atoms with E-state index >= 15 is 0 Å². The molecule has 16 atom stereocenters. The normalized spacial score (nSPS) is 23.5. The molecule has 4 unspecified atom stereocenters. The van der Waals surface area contributed by atoms with Gasteiger partial charge >= 0.3 is 0 Å². The maximum atomic E-state index is 11.2. The molecule has 4 aliphatic rings. The van der Waals surface area contributed by atoms with Crippen molar-refractivity contribution >= 4 is 110 Å². The van der Waals surface area contributed by atoms with Gasteiger partial charge in [0.1, 0.15) is 118 Å². The molecule has 0 saturated carbocycles. The Morgan fingerprint density at radius 1 is 0.432 bits per heavy atom. The number of carbonyl (C=O) groups is 1. The molecular weight excluding hydrogens is 1650 g/mol. The minimum absolute atomic E-state index is 0.104. The zero-order chi connectivity index (χ0) is 87.5. The van der Waals surface area contributed by atoms with E-state index in [9.17, 15) is 66.1 Å². The Kier molecular flexibility index (Phi) is 29.8. The van der Waals surface area contributed by atoms with Crippen LogP contribution in [0.25, 0.3) is 44.7 Å². The maximum Gasteiger partial charge on any atom is 0.177 e. The number of ketones is 1. The number of aliphatic hydroxyl groups excluding tert-OH is 12. The second kappa shape index (κ2) is 42.1. The summed E-state index contributed by atoms with van der Waals surface area (Å²) in [7, 11) is 0. The fourth-order valence-electron chi connectivity index (χ4n) is 13.5. The number of aromatic nitrogens is 17. The molecule has 17 N–H and O–H groups in total. The van der Waals surface area contributed by atoms with Crippen LogP contribution in [0.3, 0.4) is 0 Å². The van der Waals surface area contributed by atoms with E-state index in [1.807, 2.05) is 122 Å². The summed E-state index contributed by atoms with van der Waals surface area (Å²) in [6, 6.07) is 36.5. The lowest BCUT2D eigenvalue weighted by molar-refractivity contribution is -0.116. The van der Waals surface area contributed by atoms with Crippen LogP contribution in [-0.4, -0.2) is 287 Å². The van der Waals surface area contributed by atoms with Crippen LogP contribution in [0.15, 0.2) is 192 Å². The smallest absolute Gasteiger partial charge is 0.177 e. The number of aliphatic hydroxyl groups is 12. The SMILES string of the molecule is CC(=O)Cc1ccc(/C=N/Nc2ncnc3c2ncn3[C@@H]2O[C@H](CO)C(O)[C@@H]2O)cc1.CSCC/C=N/Nc1ncnc2c1ncn2[C@@H]1O[C@H](CO)C(O)[C@@H]1O.OC[C@H]1O[C@@H](n2cnc3c(N/N=C/c4ccc(OCc5ccccc5)c(OCc5ccccc5)c4)ncnc32)[C@@H](O)C1O.OC[C@H]1O[C@@H](n2cnc3c(N/N=C/c4ccc[nH]4)ncnc32)[C@@H](O)C1O. The number of aromatic amines is 1. The summed E-state index contributed by atoms with van der Waals surface area (Å²) in [4.78, 5) is 64.7. The van der Waals surface area contributed by atoms with Crippen molar-refractivity contribution in [2.75, 3.05) is 60.1 Å². The number of nitrogens with one attached hydrogen (secondary N) is 5. The van der Waals surface area contributed by atoms with Crippen molar-refractivity contribution in [2.45, 2.75) is 131 Å². The van der Waals surface area contributed by atoms with Crippen molar-refractivity contribution in [2.24, 2.45) is 20.4 Å². The molecule has 4 aromatic carbocycles.